The summed E-state index contributed by atoms with van der Waals surface area (Å²) in [6.07, 6.45) is 3.74. The van der Waals surface area contributed by atoms with Crippen LogP contribution in [0.15, 0.2) is 5.70 Å². The molecule has 0 fully saturated rings. The molecule has 0 aromatic heterocycles. The molecular formula is C5H10N4Th. The van der Waals surface area contributed by atoms with E-state index in [4.69, 9.17) is 11.7 Å². The van der Waals surface area contributed by atoms with Gasteiger partial charge in [0.15, 0.2) is 0 Å². The molecule has 0 aromatic carbocycles. The molecule has 1 heterocycles. The van der Waals surface area contributed by atoms with Gasteiger partial charge in [-0.2, -0.15) is 5.70 Å². The first-order chi connectivity index (χ1) is 4.33. The SMILES string of the molecule is [NH-]NC1=[C-]CN(N)CC1.[Th+2]. The largest absolute Gasteiger partial charge is 2.00 e. The molecular weight excluding hydrogens is 348 g/mol. The van der Waals surface area contributed by atoms with E-state index in [0.717, 1.165) is 18.7 Å². The maximum atomic E-state index is 6.75. The van der Waals surface area contributed by atoms with E-state index in [1.807, 2.05) is 0 Å². The van der Waals surface area contributed by atoms with Crippen LogP contribution in [0.5, 0.6) is 0 Å². The second-order valence-electron chi connectivity index (χ2n) is 2.00. The van der Waals surface area contributed by atoms with Crippen molar-refractivity contribution in [1.29, 1.82) is 0 Å². The fraction of sp³-hybridized carbons (Fsp3) is 0.600. The Labute approximate surface area is 92.6 Å². The van der Waals surface area contributed by atoms with E-state index in [2.05, 4.69) is 11.5 Å². The number of hydrogen-bond donors (Lipinski definition) is 2. The van der Waals surface area contributed by atoms with Crippen molar-refractivity contribution < 1.29 is 39.9 Å². The van der Waals surface area contributed by atoms with Gasteiger partial charge < -0.3 is 17.3 Å². The van der Waals surface area contributed by atoms with E-state index in [1.165, 1.54) is 0 Å². The van der Waals surface area contributed by atoms with E-state index >= 15 is 0 Å². The van der Waals surface area contributed by atoms with Gasteiger partial charge in [-0.1, -0.05) is 0 Å². The zero-order valence-electron chi connectivity index (χ0n) is 5.65. The number of hydrazine groups is 1. The van der Waals surface area contributed by atoms with Crippen LogP contribution in [0.2, 0.25) is 0 Å². The summed E-state index contributed by atoms with van der Waals surface area (Å²) in [6, 6.07) is 0. The van der Waals surface area contributed by atoms with Gasteiger partial charge in [0, 0.05) is 6.54 Å². The molecule has 10 heavy (non-hydrogen) atoms. The Balaban J connectivity index is 0.000000810. The van der Waals surface area contributed by atoms with Crippen LogP contribution in [-0.2, 0) is 0 Å². The molecule has 0 aliphatic carbocycles. The topological polar surface area (TPSA) is 65.1 Å². The summed E-state index contributed by atoms with van der Waals surface area (Å²) in [5.74, 6) is 12.2. The molecule has 0 radical (unpaired) electrons. The van der Waals surface area contributed by atoms with Crippen molar-refractivity contribution in [3.63, 3.8) is 0 Å². The van der Waals surface area contributed by atoms with Gasteiger partial charge in [0.1, 0.15) is 0 Å². The summed E-state index contributed by atoms with van der Waals surface area (Å²) < 4.78 is 0. The standard InChI is InChI=1S/C5H10N4.Th/c6-8-5-1-3-9(7)4-2-5;/h6,8H,1,3-4,7H2;/q-2;+2. The van der Waals surface area contributed by atoms with Crippen LogP contribution in [-0.4, -0.2) is 18.1 Å². The van der Waals surface area contributed by atoms with Crippen LogP contribution in [0.25, 0.3) is 5.84 Å². The average molecular weight is 358 g/mol. The first-order valence-electron chi connectivity index (χ1n) is 2.85. The van der Waals surface area contributed by atoms with Crippen LogP contribution in [0.3, 0.4) is 0 Å². The van der Waals surface area contributed by atoms with Crippen molar-refractivity contribution in [2.45, 2.75) is 6.42 Å². The Morgan fingerprint density at radius 1 is 1.70 bits per heavy atom. The monoisotopic (exact) mass is 358 g/mol. The maximum absolute atomic E-state index is 6.75. The number of nitrogens with zero attached hydrogens (tertiary/aromatic N) is 1. The number of rotatable bonds is 1. The smallest absolute Gasteiger partial charge is 0.589 e. The molecule has 4 N–H and O–H groups in total. The summed E-state index contributed by atoms with van der Waals surface area (Å²) in [6.45, 7) is 1.44. The molecule has 0 amide bonds. The molecule has 0 unspecified atom stereocenters. The zero-order chi connectivity index (χ0) is 6.69. The molecule has 1 aliphatic rings. The van der Waals surface area contributed by atoms with Crippen LogP contribution in [0, 0.1) is 46.0 Å². The van der Waals surface area contributed by atoms with Crippen molar-refractivity contribution in [2.24, 2.45) is 5.84 Å². The van der Waals surface area contributed by atoms with Gasteiger partial charge in [-0.25, -0.2) is 0 Å². The Morgan fingerprint density at radius 3 is 2.80 bits per heavy atom. The Morgan fingerprint density at radius 2 is 2.40 bits per heavy atom. The third-order valence-corrected chi connectivity index (χ3v) is 1.30. The van der Waals surface area contributed by atoms with E-state index in [9.17, 15) is 0 Å². The molecule has 0 spiro atoms. The Kier molecular flexibility index (Phi) is 5.80. The quantitative estimate of drug-likeness (QED) is 0.388. The molecule has 1 rings (SSSR count). The summed E-state index contributed by atoms with van der Waals surface area (Å²) >= 11 is 0. The average Bonchev–Trinajstić information content (AvgIpc) is 1.90. The molecule has 0 atom stereocenters. The molecule has 5 heteroatoms. The second kappa shape index (κ2) is 5.40. The number of nitrogens with two attached hydrogens (primary N) is 1. The summed E-state index contributed by atoms with van der Waals surface area (Å²) in [4.78, 5) is 0. The molecule has 4 nitrogen and oxygen atoms in total. The van der Waals surface area contributed by atoms with E-state index in [-0.39, 0.29) is 39.9 Å². The molecule has 0 aromatic rings. The van der Waals surface area contributed by atoms with Crippen LogP contribution in [0.4, 0.5) is 0 Å². The molecule has 1 aliphatic heterocycles. The number of hydrogen-bond acceptors (Lipinski definition) is 3. The minimum atomic E-state index is 0. The first kappa shape index (κ1) is 10.7. The van der Waals surface area contributed by atoms with Gasteiger partial charge in [-0.3, -0.25) is 10.9 Å². The Bertz CT molecular complexity index is 125. The van der Waals surface area contributed by atoms with Crippen molar-refractivity contribution in [3.05, 3.63) is 17.6 Å². The number of nitrogens with one attached hydrogen (secondary N) is 2. The van der Waals surface area contributed by atoms with Gasteiger partial charge in [-0.15, -0.1) is 6.54 Å². The van der Waals surface area contributed by atoms with Crippen molar-refractivity contribution in [2.75, 3.05) is 13.1 Å². The van der Waals surface area contributed by atoms with E-state index < -0.39 is 0 Å². The first-order valence-corrected chi connectivity index (χ1v) is 2.85. The second-order valence-corrected chi connectivity index (χ2v) is 2.00. The van der Waals surface area contributed by atoms with E-state index in [1.54, 1.807) is 5.01 Å². The predicted molar refractivity (Wildman–Crippen MR) is 34.6 cm³/mol. The maximum Gasteiger partial charge on any atom is 2.00 e. The van der Waals surface area contributed by atoms with Crippen LogP contribution in [0.1, 0.15) is 6.42 Å². The van der Waals surface area contributed by atoms with Crippen molar-refractivity contribution in [1.82, 2.24) is 10.4 Å². The van der Waals surface area contributed by atoms with Crippen molar-refractivity contribution in [3.8, 4) is 0 Å². The Hall–Kier alpha value is 0.745. The van der Waals surface area contributed by atoms with Crippen LogP contribution >= 0.6 is 0 Å². The molecule has 0 bridgehead atoms. The molecule has 0 saturated heterocycles. The summed E-state index contributed by atoms with van der Waals surface area (Å²) in [7, 11) is 0. The third kappa shape index (κ3) is 3.23. The predicted octanol–water partition coefficient (Wildman–Crippen LogP) is -0.190. The summed E-state index contributed by atoms with van der Waals surface area (Å²) in [5.41, 5.74) is 3.14. The molecule has 54 valence electrons. The minimum absolute atomic E-state index is 0. The van der Waals surface area contributed by atoms with Gasteiger partial charge in [-0.05, 0) is 6.42 Å². The fourth-order valence-corrected chi connectivity index (χ4v) is 0.727. The molecule has 0 saturated carbocycles. The summed E-state index contributed by atoms with van der Waals surface area (Å²) in [5, 5.41) is 1.67. The van der Waals surface area contributed by atoms with Gasteiger partial charge in [0.25, 0.3) is 0 Å². The van der Waals surface area contributed by atoms with Crippen LogP contribution < -0.4 is 11.3 Å². The normalized spacial score (nSPS) is 19.2. The minimum Gasteiger partial charge on any atom is -0.589 e. The van der Waals surface area contributed by atoms with Gasteiger partial charge in [0.2, 0.25) is 0 Å². The third-order valence-electron chi connectivity index (χ3n) is 1.30. The van der Waals surface area contributed by atoms with E-state index in [0.29, 0.717) is 6.54 Å². The van der Waals surface area contributed by atoms with Gasteiger partial charge in [0.05, 0.1) is 0 Å². The zero-order valence-corrected chi connectivity index (χ0v) is 9.76. The fourth-order valence-electron chi connectivity index (χ4n) is 0.727. The van der Waals surface area contributed by atoms with Crippen molar-refractivity contribution >= 4 is 0 Å². The van der Waals surface area contributed by atoms with Gasteiger partial charge >= 0.3 is 39.9 Å².